The van der Waals surface area contributed by atoms with Crippen molar-refractivity contribution in [2.24, 2.45) is 0 Å². The smallest absolute Gasteiger partial charge is 0.220 e. The number of carbonyl (C=O) groups is 1. The molecule has 1 unspecified atom stereocenters. The van der Waals surface area contributed by atoms with Crippen LogP contribution in [0.5, 0.6) is 0 Å². The molecule has 114 valence electrons. The Morgan fingerprint density at radius 3 is 2.86 bits per heavy atom. The van der Waals surface area contributed by atoms with Crippen molar-refractivity contribution in [1.29, 1.82) is 0 Å². The van der Waals surface area contributed by atoms with Crippen molar-refractivity contribution in [3.05, 3.63) is 36.0 Å². The monoisotopic (exact) mass is 286 g/mol. The Bertz CT molecular complexity index is 573. The molecule has 2 aromatic rings. The maximum atomic E-state index is 12.0. The molecule has 1 amide bonds. The van der Waals surface area contributed by atoms with Crippen LogP contribution in [0.1, 0.15) is 51.5 Å². The van der Waals surface area contributed by atoms with E-state index >= 15 is 0 Å². The molecule has 1 aromatic carbocycles. The van der Waals surface area contributed by atoms with Crippen LogP contribution in [0.2, 0.25) is 0 Å². The lowest BCUT2D eigenvalue weighted by Gasteiger charge is -2.15. The zero-order valence-corrected chi connectivity index (χ0v) is 13.1. The van der Waals surface area contributed by atoms with Gasteiger partial charge in [0.25, 0.3) is 0 Å². The number of nitrogens with one attached hydrogen (secondary N) is 2. The van der Waals surface area contributed by atoms with Crippen LogP contribution in [0, 0.1) is 0 Å². The molecule has 21 heavy (non-hydrogen) atoms. The fraction of sp³-hybridized carbons (Fsp3) is 0.500. The SMILES string of the molecule is CCCC(CC)NC(=O)CCCc1c[nH]c2ccccc12. The maximum absolute atomic E-state index is 12.0. The molecule has 1 aromatic heterocycles. The number of benzene rings is 1. The fourth-order valence-electron chi connectivity index (χ4n) is 2.80. The van der Waals surface area contributed by atoms with Gasteiger partial charge < -0.3 is 10.3 Å². The number of para-hydroxylation sites is 1. The first-order valence-electron chi connectivity index (χ1n) is 8.09. The number of H-pyrrole nitrogens is 1. The van der Waals surface area contributed by atoms with Gasteiger partial charge in [-0.25, -0.2) is 0 Å². The van der Waals surface area contributed by atoms with Crippen LogP contribution >= 0.6 is 0 Å². The molecule has 0 saturated heterocycles. The Morgan fingerprint density at radius 2 is 2.10 bits per heavy atom. The van der Waals surface area contributed by atoms with E-state index in [2.05, 4.69) is 48.5 Å². The third-order valence-corrected chi connectivity index (χ3v) is 4.02. The minimum absolute atomic E-state index is 0.190. The Kier molecular flexibility index (Phi) is 5.85. The van der Waals surface area contributed by atoms with Gasteiger partial charge in [0.1, 0.15) is 0 Å². The van der Waals surface area contributed by atoms with Gasteiger partial charge >= 0.3 is 0 Å². The Labute approximate surface area is 127 Å². The third kappa shape index (κ3) is 4.35. The van der Waals surface area contributed by atoms with Gasteiger partial charge in [0.15, 0.2) is 0 Å². The lowest BCUT2D eigenvalue weighted by molar-refractivity contribution is -0.121. The molecule has 0 aliphatic rings. The number of aromatic amines is 1. The highest BCUT2D eigenvalue weighted by Crippen LogP contribution is 2.19. The molecule has 0 fully saturated rings. The lowest BCUT2D eigenvalue weighted by Crippen LogP contribution is -2.34. The zero-order valence-electron chi connectivity index (χ0n) is 13.1. The van der Waals surface area contributed by atoms with E-state index in [4.69, 9.17) is 0 Å². The summed E-state index contributed by atoms with van der Waals surface area (Å²) in [5.74, 6) is 0.190. The first-order valence-corrected chi connectivity index (χ1v) is 8.09. The number of hydrogen-bond donors (Lipinski definition) is 2. The lowest BCUT2D eigenvalue weighted by atomic mass is 10.1. The van der Waals surface area contributed by atoms with E-state index in [9.17, 15) is 4.79 Å². The Morgan fingerprint density at radius 1 is 1.29 bits per heavy atom. The predicted octanol–water partition coefficient (Wildman–Crippen LogP) is 4.19. The summed E-state index contributed by atoms with van der Waals surface area (Å²) in [7, 11) is 0. The minimum Gasteiger partial charge on any atom is -0.361 e. The molecule has 0 spiro atoms. The number of carbonyl (C=O) groups excluding carboxylic acids is 1. The van der Waals surface area contributed by atoms with Gasteiger partial charge in [0.05, 0.1) is 0 Å². The number of aromatic nitrogens is 1. The Balaban J connectivity index is 1.80. The van der Waals surface area contributed by atoms with E-state index in [-0.39, 0.29) is 5.91 Å². The third-order valence-electron chi connectivity index (χ3n) is 4.02. The van der Waals surface area contributed by atoms with Gasteiger partial charge in [-0.2, -0.15) is 0 Å². The van der Waals surface area contributed by atoms with E-state index in [0.717, 1.165) is 32.1 Å². The van der Waals surface area contributed by atoms with Crippen LogP contribution in [0.25, 0.3) is 10.9 Å². The number of fused-ring (bicyclic) bond motifs is 1. The molecule has 2 rings (SSSR count). The van der Waals surface area contributed by atoms with Crippen molar-refractivity contribution in [2.75, 3.05) is 0 Å². The summed E-state index contributed by atoms with van der Waals surface area (Å²) in [6.45, 7) is 4.29. The topological polar surface area (TPSA) is 44.9 Å². The highest BCUT2D eigenvalue weighted by molar-refractivity contribution is 5.83. The second kappa shape index (κ2) is 7.87. The molecule has 0 aliphatic carbocycles. The molecular weight excluding hydrogens is 260 g/mol. The molecule has 0 aliphatic heterocycles. The van der Waals surface area contributed by atoms with E-state index < -0.39 is 0 Å². The first kappa shape index (κ1) is 15.6. The number of rotatable bonds is 8. The van der Waals surface area contributed by atoms with Gasteiger partial charge in [0, 0.05) is 29.6 Å². The molecular formula is C18H26N2O. The largest absolute Gasteiger partial charge is 0.361 e. The standard InChI is InChI=1S/C18H26N2O/c1-3-8-15(4-2)20-18(21)12-7-9-14-13-19-17-11-6-5-10-16(14)17/h5-6,10-11,13,15,19H,3-4,7-9,12H2,1-2H3,(H,20,21). The summed E-state index contributed by atoms with van der Waals surface area (Å²) in [4.78, 5) is 15.2. The summed E-state index contributed by atoms with van der Waals surface area (Å²) in [6.07, 6.45) is 7.73. The average Bonchev–Trinajstić information content (AvgIpc) is 2.90. The number of hydrogen-bond acceptors (Lipinski definition) is 1. The van der Waals surface area contributed by atoms with Crippen LogP contribution in [-0.4, -0.2) is 16.9 Å². The van der Waals surface area contributed by atoms with Crippen molar-refractivity contribution in [1.82, 2.24) is 10.3 Å². The molecule has 3 nitrogen and oxygen atoms in total. The van der Waals surface area contributed by atoms with Crippen LogP contribution < -0.4 is 5.32 Å². The first-order chi connectivity index (χ1) is 10.2. The second-order valence-corrected chi connectivity index (χ2v) is 5.67. The van der Waals surface area contributed by atoms with Crippen LogP contribution in [-0.2, 0) is 11.2 Å². The van der Waals surface area contributed by atoms with Gasteiger partial charge in [-0.05, 0) is 37.3 Å². The molecule has 1 heterocycles. The molecule has 3 heteroatoms. The summed E-state index contributed by atoms with van der Waals surface area (Å²) < 4.78 is 0. The molecule has 2 N–H and O–H groups in total. The van der Waals surface area contributed by atoms with Crippen LogP contribution in [0.3, 0.4) is 0 Å². The summed E-state index contributed by atoms with van der Waals surface area (Å²) in [5, 5.41) is 4.41. The van der Waals surface area contributed by atoms with Gasteiger partial charge in [0.2, 0.25) is 5.91 Å². The van der Waals surface area contributed by atoms with Gasteiger partial charge in [-0.1, -0.05) is 38.5 Å². The average molecular weight is 286 g/mol. The van der Waals surface area contributed by atoms with E-state index in [0.29, 0.717) is 12.5 Å². The quantitative estimate of drug-likeness (QED) is 0.751. The fourth-order valence-corrected chi connectivity index (χ4v) is 2.80. The highest BCUT2D eigenvalue weighted by Gasteiger charge is 2.10. The summed E-state index contributed by atoms with van der Waals surface area (Å²) in [5.41, 5.74) is 2.48. The summed E-state index contributed by atoms with van der Waals surface area (Å²) >= 11 is 0. The van der Waals surface area contributed by atoms with Crippen molar-refractivity contribution < 1.29 is 4.79 Å². The van der Waals surface area contributed by atoms with E-state index in [1.807, 2.05) is 6.07 Å². The van der Waals surface area contributed by atoms with Crippen LogP contribution in [0.4, 0.5) is 0 Å². The maximum Gasteiger partial charge on any atom is 0.220 e. The van der Waals surface area contributed by atoms with Gasteiger partial charge in [-0.15, -0.1) is 0 Å². The van der Waals surface area contributed by atoms with E-state index in [1.165, 1.54) is 16.5 Å². The highest BCUT2D eigenvalue weighted by atomic mass is 16.1. The molecule has 1 atom stereocenters. The normalized spacial score (nSPS) is 12.5. The Hall–Kier alpha value is -1.77. The van der Waals surface area contributed by atoms with Crippen molar-refractivity contribution >= 4 is 16.8 Å². The summed E-state index contributed by atoms with van der Waals surface area (Å²) in [6, 6.07) is 8.66. The molecule has 0 radical (unpaired) electrons. The van der Waals surface area contributed by atoms with Crippen LogP contribution in [0.15, 0.2) is 30.5 Å². The minimum atomic E-state index is 0.190. The molecule has 0 bridgehead atoms. The second-order valence-electron chi connectivity index (χ2n) is 5.67. The van der Waals surface area contributed by atoms with Crippen molar-refractivity contribution in [3.8, 4) is 0 Å². The number of amides is 1. The zero-order chi connectivity index (χ0) is 15.1. The number of aryl methyl sites for hydroxylation is 1. The van der Waals surface area contributed by atoms with Crippen molar-refractivity contribution in [3.63, 3.8) is 0 Å². The van der Waals surface area contributed by atoms with E-state index in [1.54, 1.807) is 0 Å². The van der Waals surface area contributed by atoms with Crippen molar-refractivity contribution in [2.45, 2.75) is 58.4 Å². The van der Waals surface area contributed by atoms with Gasteiger partial charge in [-0.3, -0.25) is 4.79 Å². The molecule has 0 saturated carbocycles. The predicted molar refractivity (Wildman–Crippen MR) is 88.4 cm³/mol.